The van der Waals surface area contributed by atoms with Crippen LogP contribution in [0.4, 0.5) is 0 Å². The average Bonchev–Trinajstić information content (AvgIpc) is 3.35. The van der Waals surface area contributed by atoms with Gasteiger partial charge in [-0.25, -0.2) is 4.57 Å². The summed E-state index contributed by atoms with van der Waals surface area (Å²) in [6.07, 6.45) is 53.8. The minimum atomic E-state index is -4.75. The Morgan fingerprint density at radius 3 is 1.10 bits per heavy atom. The van der Waals surface area contributed by atoms with Crippen LogP contribution in [-0.2, 0) is 42.2 Å². The molecule has 0 rings (SSSR count). The predicted molar refractivity (Wildman–Crippen MR) is 289 cm³/mol. The van der Waals surface area contributed by atoms with Crippen LogP contribution in [0.5, 0.6) is 0 Å². The third-order valence-electron chi connectivity index (χ3n) is 12.5. The lowest BCUT2D eigenvalue weighted by Crippen LogP contribution is -2.30. The second kappa shape index (κ2) is 53.0. The normalized spacial score (nSPS) is 13.6. The standard InChI is InChI=1S/C58H107O11P/c1-4-7-10-13-16-19-22-25-27-30-33-36-39-42-45-48-57(61)68-54(50-59)52-66-70(63,64)67-53-55(51-65-56(60)47-44-41-38-35-32-29-24-21-18-15-12-9-6-3)69-58(62)49-46-43-40-37-34-31-28-26-23-20-17-14-11-8-5-2/h17,20,25-28,54-55,59H,4-16,18-19,21-24,29-53H2,1-3H3,(H,63,64)/b20-17-,27-25-,28-26-. The predicted octanol–water partition coefficient (Wildman–Crippen LogP) is 16.8. The van der Waals surface area contributed by atoms with E-state index in [-0.39, 0.29) is 25.9 Å². The van der Waals surface area contributed by atoms with Crippen molar-refractivity contribution in [1.29, 1.82) is 0 Å². The van der Waals surface area contributed by atoms with Crippen molar-refractivity contribution in [2.24, 2.45) is 0 Å². The van der Waals surface area contributed by atoms with Gasteiger partial charge in [-0.15, -0.1) is 0 Å². The largest absolute Gasteiger partial charge is 0.472 e. The monoisotopic (exact) mass is 1010 g/mol. The molecule has 2 N–H and O–H groups in total. The number of aliphatic hydroxyl groups excluding tert-OH is 1. The summed E-state index contributed by atoms with van der Waals surface area (Å²) in [5.74, 6) is -1.47. The molecule has 0 saturated heterocycles. The van der Waals surface area contributed by atoms with Crippen molar-refractivity contribution in [2.75, 3.05) is 26.4 Å². The van der Waals surface area contributed by atoms with E-state index in [0.717, 1.165) is 103 Å². The van der Waals surface area contributed by atoms with Gasteiger partial charge in [0.25, 0.3) is 0 Å². The highest BCUT2D eigenvalue weighted by molar-refractivity contribution is 7.47. The van der Waals surface area contributed by atoms with Gasteiger partial charge in [0.05, 0.1) is 19.8 Å². The molecule has 0 aromatic carbocycles. The summed E-state index contributed by atoms with van der Waals surface area (Å²) >= 11 is 0. The van der Waals surface area contributed by atoms with Gasteiger partial charge >= 0.3 is 25.7 Å². The summed E-state index contributed by atoms with van der Waals surface area (Å²) in [6.45, 7) is 4.62. The SMILES string of the molecule is CCCCC/C=C\C/C=C\CCCCCCCC(=O)OC(COC(=O)CCCCCCCCCCCCCCC)COP(=O)(O)OCC(CO)OC(=O)CCCCCCC/C=C\CCCCCCCC. The van der Waals surface area contributed by atoms with E-state index in [2.05, 4.69) is 57.2 Å². The van der Waals surface area contributed by atoms with Crippen molar-refractivity contribution < 1.29 is 52.2 Å². The zero-order valence-corrected chi connectivity index (χ0v) is 46.1. The van der Waals surface area contributed by atoms with Crippen molar-refractivity contribution in [3.05, 3.63) is 36.5 Å². The molecule has 0 radical (unpaired) electrons. The number of rotatable bonds is 54. The lowest BCUT2D eigenvalue weighted by molar-refractivity contribution is -0.161. The zero-order chi connectivity index (χ0) is 51.3. The van der Waals surface area contributed by atoms with Crippen LogP contribution in [-0.4, -0.2) is 66.5 Å². The van der Waals surface area contributed by atoms with Gasteiger partial charge in [-0.1, -0.05) is 218 Å². The maximum Gasteiger partial charge on any atom is 0.472 e. The maximum atomic E-state index is 12.9. The van der Waals surface area contributed by atoms with Crippen LogP contribution in [0.1, 0.15) is 278 Å². The molecule has 0 aliphatic heterocycles. The number of carbonyl (C=O) groups is 3. The second-order valence-corrected chi connectivity index (χ2v) is 20.9. The van der Waals surface area contributed by atoms with E-state index in [1.54, 1.807) is 0 Å². The Hall–Kier alpha value is -2.30. The highest BCUT2D eigenvalue weighted by Gasteiger charge is 2.28. The summed E-state index contributed by atoms with van der Waals surface area (Å²) < 4.78 is 39.5. The minimum Gasteiger partial charge on any atom is -0.462 e. The first-order chi connectivity index (χ1) is 34.2. The number of hydrogen-bond donors (Lipinski definition) is 2. The topological polar surface area (TPSA) is 155 Å². The number of unbranched alkanes of at least 4 members (excludes halogenated alkanes) is 31. The number of phosphoric ester groups is 1. The second-order valence-electron chi connectivity index (χ2n) is 19.5. The Kier molecular flexibility index (Phi) is 51.3. The van der Waals surface area contributed by atoms with Crippen molar-refractivity contribution in [1.82, 2.24) is 0 Å². The van der Waals surface area contributed by atoms with E-state index < -0.39 is 57.8 Å². The highest BCUT2D eigenvalue weighted by atomic mass is 31.2. The summed E-state index contributed by atoms with van der Waals surface area (Å²) in [5.41, 5.74) is 0. The number of phosphoric acid groups is 1. The van der Waals surface area contributed by atoms with E-state index in [1.165, 1.54) is 116 Å². The van der Waals surface area contributed by atoms with E-state index in [4.69, 9.17) is 23.3 Å². The van der Waals surface area contributed by atoms with Gasteiger partial charge in [0.1, 0.15) is 12.7 Å². The lowest BCUT2D eigenvalue weighted by Gasteiger charge is -2.21. The third kappa shape index (κ3) is 50.6. The Balaban J connectivity index is 4.71. The Morgan fingerprint density at radius 1 is 0.400 bits per heavy atom. The first-order valence-electron chi connectivity index (χ1n) is 28.9. The number of allylic oxidation sites excluding steroid dienone is 6. The van der Waals surface area contributed by atoms with Gasteiger partial charge in [0.15, 0.2) is 6.10 Å². The van der Waals surface area contributed by atoms with E-state index in [1.807, 2.05) is 0 Å². The smallest absolute Gasteiger partial charge is 0.462 e. The Morgan fingerprint density at radius 2 is 0.700 bits per heavy atom. The summed E-state index contributed by atoms with van der Waals surface area (Å²) in [4.78, 5) is 48.5. The number of aliphatic hydroxyl groups is 1. The summed E-state index contributed by atoms with van der Waals surface area (Å²) in [6, 6.07) is 0. The van der Waals surface area contributed by atoms with Crippen LogP contribution in [0.2, 0.25) is 0 Å². The molecule has 0 aromatic heterocycles. The maximum absolute atomic E-state index is 12.9. The van der Waals surface area contributed by atoms with Crippen LogP contribution < -0.4 is 0 Å². The molecule has 70 heavy (non-hydrogen) atoms. The molecule has 0 aromatic rings. The molecule has 3 unspecified atom stereocenters. The van der Waals surface area contributed by atoms with E-state index >= 15 is 0 Å². The van der Waals surface area contributed by atoms with Crippen molar-refractivity contribution in [2.45, 2.75) is 290 Å². The molecular formula is C58H107O11P. The summed E-state index contributed by atoms with van der Waals surface area (Å²) in [5, 5.41) is 9.81. The van der Waals surface area contributed by atoms with Gasteiger partial charge < -0.3 is 24.2 Å². The fourth-order valence-electron chi connectivity index (χ4n) is 8.09. The van der Waals surface area contributed by atoms with Crippen molar-refractivity contribution >= 4 is 25.7 Å². The van der Waals surface area contributed by atoms with Crippen molar-refractivity contribution in [3.63, 3.8) is 0 Å². The molecule has 0 aliphatic carbocycles. The first kappa shape index (κ1) is 67.7. The molecule has 11 nitrogen and oxygen atoms in total. The average molecular weight is 1010 g/mol. The van der Waals surface area contributed by atoms with Gasteiger partial charge in [0.2, 0.25) is 0 Å². The molecule has 3 atom stereocenters. The van der Waals surface area contributed by atoms with Crippen LogP contribution in [0.25, 0.3) is 0 Å². The molecule has 410 valence electrons. The number of hydrogen-bond acceptors (Lipinski definition) is 10. The van der Waals surface area contributed by atoms with Gasteiger partial charge in [-0.05, 0) is 77.0 Å². The Labute approximate surface area is 429 Å². The molecule has 0 heterocycles. The first-order valence-corrected chi connectivity index (χ1v) is 30.4. The lowest BCUT2D eigenvalue weighted by atomic mass is 10.0. The highest BCUT2D eigenvalue weighted by Crippen LogP contribution is 2.43. The molecule has 0 fully saturated rings. The molecule has 12 heteroatoms. The molecule has 0 saturated carbocycles. The molecule has 0 bridgehead atoms. The summed E-state index contributed by atoms with van der Waals surface area (Å²) in [7, 11) is -4.75. The van der Waals surface area contributed by atoms with Gasteiger partial charge in [-0.2, -0.15) is 0 Å². The minimum absolute atomic E-state index is 0.154. The number of carbonyl (C=O) groups excluding carboxylic acids is 3. The quantitative estimate of drug-likeness (QED) is 0.0197. The fraction of sp³-hybridized carbons (Fsp3) is 0.845. The van der Waals surface area contributed by atoms with Crippen LogP contribution in [0.15, 0.2) is 36.5 Å². The Bertz CT molecular complexity index is 1320. The van der Waals surface area contributed by atoms with E-state index in [0.29, 0.717) is 19.3 Å². The third-order valence-corrected chi connectivity index (χ3v) is 13.5. The molecule has 0 aliphatic rings. The van der Waals surface area contributed by atoms with Crippen LogP contribution in [0, 0.1) is 0 Å². The van der Waals surface area contributed by atoms with E-state index in [9.17, 15) is 28.9 Å². The molecule has 0 amide bonds. The molecule has 0 spiro atoms. The zero-order valence-electron chi connectivity index (χ0n) is 45.2. The van der Waals surface area contributed by atoms with Crippen LogP contribution in [0.3, 0.4) is 0 Å². The van der Waals surface area contributed by atoms with Crippen molar-refractivity contribution in [3.8, 4) is 0 Å². The van der Waals surface area contributed by atoms with Gasteiger partial charge in [0, 0.05) is 19.3 Å². The molecular weight excluding hydrogens is 904 g/mol. The number of esters is 3. The van der Waals surface area contributed by atoms with Gasteiger partial charge in [-0.3, -0.25) is 23.4 Å². The fourth-order valence-corrected chi connectivity index (χ4v) is 8.87. The van der Waals surface area contributed by atoms with Crippen LogP contribution >= 0.6 is 7.82 Å². The number of ether oxygens (including phenoxy) is 3.